The van der Waals surface area contributed by atoms with Gasteiger partial charge in [0.05, 0.1) is 0 Å². The summed E-state index contributed by atoms with van der Waals surface area (Å²) < 4.78 is 5.62. The molecule has 14 heavy (non-hydrogen) atoms. The van der Waals surface area contributed by atoms with E-state index in [1.807, 2.05) is 4.90 Å². The molecule has 75 valence electrons. The van der Waals surface area contributed by atoms with Crippen molar-refractivity contribution in [3.63, 3.8) is 0 Å². The Bertz CT molecular complexity index is 371. The van der Waals surface area contributed by atoms with Gasteiger partial charge in [-0.1, -0.05) is 0 Å². The van der Waals surface area contributed by atoms with Gasteiger partial charge in [0, 0.05) is 19.2 Å². The van der Waals surface area contributed by atoms with E-state index < -0.39 is 0 Å². The smallest absolute Gasteiger partial charge is 0.142 e. The fraction of sp³-hybridized carbons (Fsp3) is 0.417. The van der Waals surface area contributed by atoms with Crippen LogP contribution in [0.5, 0.6) is 5.75 Å². The number of rotatable bonds is 0. The second-order valence-corrected chi connectivity index (χ2v) is 4.02. The monoisotopic (exact) mass is 190 g/mol. The van der Waals surface area contributed by atoms with Gasteiger partial charge in [-0.15, -0.1) is 0 Å². The number of ether oxygens (including phenoxy) is 1. The summed E-state index contributed by atoms with van der Waals surface area (Å²) in [5.41, 5.74) is 5.30. The van der Waals surface area contributed by atoms with Crippen molar-refractivity contribution in [1.29, 1.82) is 0 Å². The maximum atomic E-state index is 5.62. The molecule has 2 rings (SSSR count). The number of hydrogen-bond donors (Lipinski definition) is 0. The number of aryl methyl sites for hydroxylation is 1. The first-order valence-corrected chi connectivity index (χ1v) is 4.87. The SMILES string of the molecule is [CH2]N1COc2cc(C)c(C)c(C)c2C1. The summed E-state index contributed by atoms with van der Waals surface area (Å²) in [7, 11) is 3.90. The minimum atomic E-state index is 0.592. The lowest BCUT2D eigenvalue weighted by molar-refractivity contribution is 0.137. The van der Waals surface area contributed by atoms with E-state index in [9.17, 15) is 0 Å². The van der Waals surface area contributed by atoms with Gasteiger partial charge >= 0.3 is 0 Å². The third kappa shape index (κ3) is 1.40. The maximum Gasteiger partial charge on any atom is 0.142 e. The van der Waals surface area contributed by atoms with E-state index in [-0.39, 0.29) is 0 Å². The molecule has 0 aliphatic carbocycles. The zero-order valence-corrected chi connectivity index (χ0v) is 9.05. The molecule has 0 spiro atoms. The van der Waals surface area contributed by atoms with Crippen molar-refractivity contribution in [1.82, 2.24) is 4.90 Å². The molecule has 0 saturated heterocycles. The lowest BCUT2D eigenvalue weighted by atomic mass is 9.97. The molecule has 0 aromatic heterocycles. The first kappa shape index (κ1) is 9.53. The summed E-state index contributed by atoms with van der Waals surface area (Å²) >= 11 is 0. The zero-order valence-electron chi connectivity index (χ0n) is 9.05. The van der Waals surface area contributed by atoms with Gasteiger partial charge in [-0.05, 0) is 43.5 Å². The average molecular weight is 190 g/mol. The second kappa shape index (κ2) is 3.28. The van der Waals surface area contributed by atoms with E-state index in [1.165, 1.54) is 22.3 Å². The van der Waals surface area contributed by atoms with Crippen molar-refractivity contribution in [3.05, 3.63) is 35.4 Å². The molecule has 0 atom stereocenters. The molecule has 0 fully saturated rings. The van der Waals surface area contributed by atoms with Crippen molar-refractivity contribution < 1.29 is 4.74 Å². The highest BCUT2D eigenvalue weighted by Crippen LogP contribution is 2.31. The summed E-state index contributed by atoms with van der Waals surface area (Å²) in [5.74, 6) is 1.03. The minimum absolute atomic E-state index is 0.592. The zero-order chi connectivity index (χ0) is 10.3. The van der Waals surface area contributed by atoms with Crippen molar-refractivity contribution in [2.45, 2.75) is 27.3 Å². The van der Waals surface area contributed by atoms with Gasteiger partial charge in [0.15, 0.2) is 0 Å². The van der Waals surface area contributed by atoms with Gasteiger partial charge in [0.1, 0.15) is 12.5 Å². The van der Waals surface area contributed by atoms with Crippen molar-refractivity contribution in [2.24, 2.45) is 0 Å². The minimum Gasteiger partial charge on any atom is -0.478 e. The Kier molecular flexibility index (Phi) is 2.23. The molecule has 1 heterocycles. The largest absolute Gasteiger partial charge is 0.478 e. The summed E-state index contributed by atoms with van der Waals surface area (Å²) in [6.07, 6.45) is 0. The molecule has 2 heteroatoms. The molecule has 0 N–H and O–H groups in total. The molecule has 2 nitrogen and oxygen atoms in total. The van der Waals surface area contributed by atoms with E-state index in [0.717, 1.165) is 12.3 Å². The highest BCUT2D eigenvalue weighted by molar-refractivity contribution is 5.48. The molecule has 0 amide bonds. The van der Waals surface area contributed by atoms with Gasteiger partial charge in [0.25, 0.3) is 0 Å². The highest BCUT2D eigenvalue weighted by atomic mass is 16.5. The molecule has 1 aliphatic rings. The summed E-state index contributed by atoms with van der Waals surface area (Å²) in [6, 6.07) is 2.13. The Morgan fingerprint density at radius 2 is 2.00 bits per heavy atom. The maximum absolute atomic E-state index is 5.62. The van der Waals surface area contributed by atoms with E-state index in [0.29, 0.717) is 6.73 Å². The van der Waals surface area contributed by atoms with Crippen LogP contribution in [0, 0.1) is 27.8 Å². The molecule has 0 unspecified atom stereocenters. The van der Waals surface area contributed by atoms with E-state index in [1.54, 1.807) is 0 Å². The van der Waals surface area contributed by atoms with E-state index in [2.05, 4.69) is 33.9 Å². The third-order valence-electron chi connectivity index (χ3n) is 3.04. The molecule has 1 aliphatic heterocycles. The molecule has 1 aromatic carbocycles. The molecular weight excluding hydrogens is 174 g/mol. The summed E-state index contributed by atoms with van der Waals surface area (Å²) in [6.45, 7) is 7.93. The normalized spacial score (nSPS) is 16.3. The van der Waals surface area contributed by atoms with Gasteiger partial charge in [0.2, 0.25) is 0 Å². The Labute approximate surface area is 85.5 Å². The van der Waals surface area contributed by atoms with Crippen LogP contribution in [0.4, 0.5) is 0 Å². The quantitative estimate of drug-likeness (QED) is 0.623. The van der Waals surface area contributed by atoms with E-state index in [4.69, 9.17) is 4.74 Å². The lowest BCUT2D eigenvalue weighted by Gasteiger charge is -2.28. The van der Waals surface area contributed by atoms with Crippen molar-refractivity contribution >= 4 is 0 Å². The fourth-order valence-corrected chi connectivity index (χ4v) is 1.85. The van der Waals surface area contributed by atoms with Crippen LogP contribution in [0.2, 0.25) is 0 Å². The Morgan fingerprint density at radius 1 is 1.29 bits per heavy atom. The molecular formula is C12H16NO. The van der Waals surface area contributed by atoms with Gasteiger partial charge < -0.3 is 4.74 Å². The van der Waals surface area contributed by atoms with Crippen molar-refractivity contribution in [3.8, 4) is 5.75 Å². The first-order chi connectivity index (χ1) is 6.59. The van der Waals surface area contributed by atoms with Crippen LogP contribution in [-0.2, 0) is 6.54 Å². The number of benzene rings is 1. The number of fused-ring (bicyclic) bond motifs is 1. The number of nitrogens with zero attached hydrogens (tertiary/aromatic N) is 1. The Hall–Kier alpha value is -1.02. The van der Waals surface area contributed by atoms with Crippen LogP contribution in [0.1, 0.15) is 22.3 Å². The van der Waals surface area contributed by atoms with Gasteiger partial charge in [-0.3, -0.25) is 4.90 Å². The van der Waals surface area contributed by atoms with Crippen LogP contribution < -0.4 is 4.74 Å². The molecule has 0 saturated carbocycles. The molecule has 1 radical (unpaired) electrons. The topological polar surface area (TPSA) is 12.5 Å². The Morgan fingerprint density at radius 3 is 2.71 bits per heavy atom. The molecule has 0 bridgehead atoms. The van der Waals surface area contributed by atoms with Crippen LogP contribution in [0.3, 0.4) is 0 Å². The first-order valence-electron chi connectivity index (χ1n) is 4.87. The lowest BCUT2D eigenvalue weighted by Crippen LogP contribution is -2.27. The molecule has 1 aromatic rings. The standard InChI is InChI=1S/C12H16NO/c1-8-5-12-11(10(3)9(8)2)6-13(4)7-14-12/h5H,4,6-7H2,1-3H3. The Balaban J connectivity index is 2.55. The second-order valence-electron chi connectivity index (χ2n) is 4.02. The van der Waals surface area contributed by atoms with E-state index >= 15 is 0 Å². The number of hydrogen-bond acceptors (Lipinski definition) is 2. The summed E-state index contributed by atoms with van der Waals surface area (Å²) in [5, 5.41) is 0. The van der Waals surface area contributed by atoms with Gasteiger partial charge in [-0.25, -0.2) is 0 Å². The highest BCUT2D eigenvalue weighted by Gasteiger charge is 2.18. The average Bonchev–Trinajstić information content (AvgIpc) is 2.16. The predicted molar refractivity (Wildman–Crippen MR) is 57.0 cm³/mol. The van der Waals surface area contributed by atoms with Crippen LogP contribution >= 0.6 is 0 Å². The predicted octanol–water partition coefficient (Wildman–Crippen LogP) is 2.56. The third-order valence-corrected chi connectivity index (χ3v) is 3.04. The fourth-order valence-electron chi connectivity index (χ4n) is 1.85. The van der Waals surface area contributed by atoms with Gasteiger partial charge in [-0.2, -0.15) is 0 Å². The summed E-state index contributed by atoms with van der Waals surface area (Å²) in [4.78, 5) is 1.93. The van der Waals surface area contributed by atoms with Crippen molar-refractivity contribution in [2.75, 3.05) is 6.73 Å². The van der Waals surface area contributed by atoms with Crippen LogP contribution in [0.25, 0.3) is 0 Å². The van der Waals surface area contributed by atoms with Crippen LogP contribution in [-0.4, -0.2) is 11.6 Å². The van der Waals surface area contributed by atoms with Crippen LogP contribution in [0.15, 0.2) is 6.07 Å².